The zero-order valence-corrected chi connectivity index (χ0v) is 10.8. The topological polar surface area (TPSA) is 15.8 Å². The van der Waals surface area contributed by atoms with Gasteiger partial charge in [0.25, 0.3) is 0 Å². The second kappa shape index (κ2) is 6.71. The number of aromatic amines is 1. The molecule has 0 fully saturated rings. The largest absolute Gasteiger partial charge is 0.364 e. The predicted molar refractivity (Wildman–Crippen MR) is 76.4 cm³/mol. The average Bonchev–Trinajstić information content (AvgIpc) is 2.94. The highest BCUT2D eigenvalue weighted by molar-refractivity contribution is 5.37. The SMILES string of the molecule is CCCCC#CC(c1ccccc1)c1ccc[nH]1. The van der Waals surface area contributed by atoms with Crippen LogP contribution in [0.2, 0.25) is 0 Å². The minimum absolute atomic E-state index is 0.165. The zero-order chi connectivity index (χ0) is 12.6. The Bertz CT molecular complexity index is 500. The highest BCUT2D eigenvalue weighted by atomic mass is 14.7. The fourth-order valence-corrected chi connectivity index (χ4v) is 1.95. The Labute approximate surface area is 109 Å². The van der Waals surface area contributed by atoms with Gasteiger partial charge in [-0.15, -0.1) is 5.92 Å². The number of nitrogens with one attached hydrogen (secondary N) is 1. The van der Waals surface area contributed by atoms with Gasteiger partial charge in [-0.3, -0.25) is 0 Å². The van der Waals surface area contributed by atoms with Gasteiger partial charge in [-0.2, -0.15) is 0 Å². The van der Waals surface area contributed by atoms with E-state index in [-0.39, 0.29) is 5.92 Å². The number of rotatable bonds is 4. The Balaban J connectivity index is 2.21. The molecule has 1 N–H and O–H groups in total. The Hall–Kier alpha value is -1.94. The molecule has 0 saturated heterocycles. The minimum atomic E-state index is 0.165. The highest BCUT2D eigenvalue weighted by Crippen LogP contribution is 2.22. The lowest BCUT2D eigenvalue weighted by molar-refractivity contribution is 0.826. The van der Waals surface area contributed by atoms with Gasteiger partial charge in [0, 0.05) is 18.3 Å². The van der Waals surface area contributed by atoms with Crippen molar-refractivity contribution in [3.05, 3.63) is 59.9 Å². The fraction of sp³-hybridized carbons (Fsp3) is 0.294. The predicted octanol–water partition coefficient (Wildman–Crippen LogP) is 4.34. The molecule has 2 rings (SSSR count). The summed E-state index contributed by atoms with van der Waals surface area (Å²) in [5.41, 5.74) is 2.43. The lowest BCUT2D eigenvalue weighted by Crippen LogP contribution is -1.98. The van der Waals surface area contributed by atoms with E-state index in [4.69, 9.17) is 0 Å². The number of aromatic nitrogens is 1. The first-order valence-electron chi connectivity index (χ1n) is 6.58. The van der Waals surface area contributed by atoms with Crippen LogP contribution in [-0.4, -0.2) is 4.98 Å². The van der Waals surface area contributed by atoms with Crippen LogP contribution in [0.3, 0.4) is 0 Å². The molecule has 1 heterocycles. The first-order valence-corrected chi connectivity index (χ1v) is 6.58. The van der Waals surface area contributed by atoms with Crippen molar-refractivity contribution in [3.63, 3.8) is 0 Å². The fourth-order valence-electron chi connectivity index (χ4n) is 1.95. The molecule has 1 heteroatoms. The number of unbranched alkanes of at least 4 members (excludes halogenated alkanes) is 2. The molecule has 2 aromatic rings. The summed E-state index contributed by atoms with van der Waals surface area (Å²) >= 11 is 0. The lowest BCUT2D eigenvalue weighted by Gasteiger charge is -2.09. The van der Waals surface area contributed by atoms with Crippen LogP contribution in [0.5, 0.6) is 0 Å². The molecule has 0 saturated carbocycles. The summed E-state index contributed by atoms with van der Waals surface area (Å²) < 4.78 is 0. The van der Waals surface area contributed by atoms with Crippen LogP contribution in [0.25, 0.3) is 0 Å². The summed E-state index contributed by atoms with van der Waals surface area (Å²) in [4.78, 5) is 3.27. The van der Waals surface area contributed by atoms with Crippen LogP contribution < -0.4 is 0 Å². The van der Waals surface area contributed by atoms with Crippen LogP contribution in [0.15, 0.2) is 48.7 Å². The monoisotopic (exact) mass is 237 g/mol. The van der Waals surface area contributed by atoms with Gasteiger partial charge >= 0.3 is 0 Å². The van der Waals surface area contributed by atoms with Gasteiger partial charge < -0.3 is 4.98 Å². The third-order valence-electron chi connectivity index (χ3n) is 2.97. The van der Waals surface area contributed by atoms with E-state index in [9.17, 15) is 0 Å². The van der Waals surface area contributed by atoms with Crippen LogP contribution in [-0.2, 0) is 0 Å². The summed E-state index contributed by atoms with van der Waals surface area (Å²) in [6.07, 6.45) is 5.33. The Morgan fingerprint density at radius 2 is 1.94 bits per heavy atom. The van der Waals surface area contributed by atoms with E-state index in [0.29, 0.717) is 0 Å². The lowest BCUT2D eigenvalue weighted by atomic mass is 9.96. The van der Waals surface area contributed by atoms with E-state index in [2.05, 4.69) is 54.1 Å². The van der Waals surface area contributed by atoms with E-state index >= 15 is 0 Å². The molecule has 1 atom stereocenters. The van der Waals surface area contributed by atoms with Crippen molar-refractivity contribution < 1.29 is 0 Å². The van der Waals surface area contributed by atoms with Crippen LogP contribution >= 0.6 is 0 Å². The normalized spacial score (nSPS) is 11.6. The Morgan fingerprint density at radius 3 is 2.61 bits per heavy atom. The standard InChI is InChI=1S/C17H19N/c1-2-3-4-8-12-16(17-13-9-14-18-17)15-10-6-5-7-11-15/h5-7,9-11,13-14,16,18H,2-4H2,1H3. The average molecular weight is 237 g/mol. The van der Waals surface area contributed by atoms with Crippen molar-refractivity contribution in [2.24, 2.45) is 0 Å². The molecule has 1 aromatic carbocycles. The highest BCUT2D eigenvalue weighted by Gasteiger charge is 2.11. The quantitative estimate of drug-likeness (QED) is 0.601. The first-order chi connectivity index (χ1) is 8.92. The maximum Gasteiger partial charge on any atom is 0.0851 e. The van der Waals surface area contributed by atoms with E-state index in [1.165, 1.54) is 24.1 Å². The summed E-state index contributed by atoms with van der Waals surface area (Å²) in [6, 6.07) is 14.6. The van der Waals surface area contributed by atoms with E-state index in [1.54, 1.807) is 0 Å². The van der Waals surface area contributed by atoms with Crippen molar-refractivity contribution in [1.82, 2.24) is 4.98 Å². The minimum Gasteiger partial charge on any atom is -0.364 e. The molecule has 1 unspecified atom stereocenters. The molecule has 18 heavy (non-hydrogen) atoms. The van der Waals surface area contributed by atoms with Crippen molar-refractivity contribution in [2.45, 2.75) is 32.1 Å². The summed E-state index contributed by atoms with van der Waals surface area (Å²) in [7, 11) is 0. The molecule has 0 bridgehead atoms. The number of benzene rings is 1. The van der Waals surface area contributed by atoms with Crippen molar-refractivity contribution in [2.75, 3.05) is 0 Å². The molecular weight excluding hydrogens is 218 g/mol. The van der Waals surface area contributed by atoms with E-state index in [0.717, 1.165) is 6.42 Å². The summed E-state index contributed by atoms with van der Waals surface area (Å²) in [5.74, 6) is 6.86. The molecule has 0 radical (unpaired) electrons. The van der Waals surface area contributed by atoms with Crippen molar-refractivity contribution in [1.29, 1.82) is 0 Å². The summed E-state index contributed by atoms with van der Waals surface area (Å²) in [6.45, 7) is 2.20. The van der Waals surface area contributed by atoms with Gasteiger partial charge in [0.15, 0.2) is 0 Å². The van der Waals surface area contributed by atoms with Crippen LogP contribution in [0.4, 0.5) is 0 Å². The van der Waals surface area contributed by atoms with Crippen LogP contribution in [0.1, 0.15) is 43.4 Å². The number of hydrogen-bond donors (Lipinski definition) is 1. The van der Waals surface area contributed by atoms with Gasteiger partial charge in [-0.1, -0.05) is 49.6 Å². The Kier molecular flexibility index (Phi) is 4.67. The van der Waals surface area contributed by atoms with Crippen molar-refractivity contribution in [3.8, 4) is 11.8 Å². The van der Waals surface area contributed by atoms with Crippen molar-refractivity contribution >= 4 is 0 Å². The smallest absolute Gasteiger partial charge is 0.0851 e. The van der Waals surface area contributed by atoms with Gasteiger partial charge in [-0.25, -0.2) is 0 Å². The molecule has 1 nitrogen and oxygen atoms in total. The molecule has 92 valence electrons. The maximum atomic E-state index is 3.39. The van der Waals surface area contributed by atoms with Gasteiger partial charge in [0.05, 0.1) is 5.92 Å². The second-order valence-corrected chi connectivity index (χ2v) is 4.39. The molecule has 1 aromatic heterocycles. The van der Waals surface area contributed by atoms with Gasteiger partial charge in [-0.05, 0) is 24.1 Å². The third kappa shape index (κ3) is 3.28. The second-order valence-electron chi connectivity index (χ2n) is 4.39. The zero-order valence-electron chi connectivity index (χ0n) is 10.8. The van der Waals surface area contributed by atoms with Gasteiger partial charge in [0.2, 0.25) is 0 Å². The molecular formula is C17H19N. The molecule has 0 aliphatic carbocycles. The number of H-pyrrole nitrogens is 1. The molecule has 0 amide bonds. The summed E-state index contributed by atoms with van der Waals surface area (Å²) in [5, 5.41) is 0. The van der Waals surface area contributed by atoms with Crippen LogP contribution in [0, 0.1) is 11.8 Å². The maximum absolute atomic E-state index is 3.39. The Morgan fingerprint density at radius 1 is 1.11 bits per heavy atom. The first kappa shape index (κ1) is 12.5. The third-order valence-corrected chi connectivity index (χ3v) is 2.97. The van der Waals surface area contributed by atoms with E-state index in [1.807, 2.05) is 18.3 Å². The van der Waals surface area contributed by atoms with Gasteiger partial charge in [0.1, 0.15) is 0 Å². The molecule has 0 spiro atoms. The molecule has 0 aliphatic rings. The number of hydrogen-bond acceptors (Lipinski definition) is 0. The van der Waals surface area contributed by atoms with E-state index < -0.39 is 0 Å². The molecule has 0 aliphatic heterocycles.